The van der Waals surface area contributed by atoms with Gasteiger partial charge < -0.3 is 10.2 Å². The van der Waals surface area contributed by atoms with E-state index >= 15 is 0 Å². The molecule has 2 N–H and O–H groups in total. The molecule has 0 aliphatic heterocycles. The molecule has 4 aliphatic rings. The molecule has 212 valence electrons. The molecular weight excluding hydrogens is 476 g/mol. The van der Waals surface area contributed by atoms with Crippen LogP contribution in [0.15, 0.2) is 24.3 Å². The van der Waals surface area contributed by atoms with E-state index in [0.29, 0.717) is 35.2 Å². The second kappa shape index (κ2) is 12.7. The first-order chi connectivity index (χ1) is 19.2. The molecule has 0 amide bonds. The smallest absolute Gasteiger partial charge is 0.122 e. The van der Waals surface area contributed by atoms with E-state index in [1.807, 2.05) is 0 Å². The highest BCUT2D eigenvalue weighted by Crippen LogP contribution is 2.47. The van der Waals surface area contributed by atoms with Crippen molar-refractivity contribution < 1.29 is 10.2 Å². The van der Waals surface area contributed by atoms with Crippen LogP contribution in [0.25, 0.3) is 0 Å². The zero-order chi connectivity index (χ0) is 26.6. The molecule has 39 heavy (non-hydrogen) atoms. The molecule has 0 heterocycles. The van der Waals surface area contributed by atoms with Gasteiger partial charge in [-0.15, -0.1) is 0 Å². The van der Waals surface area contributed by atoms with Gasteiger partial charge in [-0.2, -0.15) is 0 Å². The topological polar surface area (TPSA) is 40.5 Å². The summed E-state index contributed by atoms with van der Waals surface area (Å²) in [6.07, 6.45) is 26.4. The van der Waals surface area contributed by atoms with Crippen molar-refractivity contribution in [3.63, 3.8) is 0 Å². The van der Waals surface area contributed by atoms with Gasteiger partial charge in [0.05, 0.1) is 0 Å². The van der Waals surface area contributed by atoms with Crippen LogP contribution in [0, 0.1) is 0 Å². The third-order valence-corrected chi connectivity index (χ3v) is 11.0. The van der Waals surface area contributed by atoms with Crippen molar-refractivity contribution in [3.05, 3.63) is 57.6 Å². The Bertz CT molecular complexity index is 927. The first-order valence-corrected chi connectivity index (χ1v) is 16.9. The van der Waals surface area contributed by atoms with Crippen molar-refractivity contribution in [1.29, 1.82) is 0 Å². The average molecular weight is 529 g/mol. The first kappa shape index (κ1) is 27.2. The molecule has 2 nitrogen and oxygen atoms in total. The van der Waals surface area contributed by atoms with Crippen LogP contribution in [0.3, 0.4) is 0 Å². The Kier molecular flexibility index (Phi) is 8.86. The van der Waals surface area contributed by atoms with Crippen LogP contribution < -0.4 is 0 Å². The second-order valence-electron chi connectivity index (χ2n) is 13.8. The van der Waals surface area contributed by atoms with Crippen LogP contribution in [-0.4, -0.2) is 10.2 Å². The van der Waals surface area contributed by atoms with Crippen molar-refractivity contribution in [3.8, 4) is 11.5 Å². The number of phenols is 2. The molecule has 0 spiro atoms. The number of benzene rings is 2. The Hall–Kier alpha value is -1.96. The second-order valence-corrected chi connectivity index (χ2v) is 13.8. The molecule has 4 saturated carbocycles. The molecule has 0 aromatic heterocycles. The molecule has 4 aliphatic carbocycles. The molecule has 2 heteroatoms. The monoisotopic (exact) mass is 528 g/mol. The van der Waals surface area contributed by atoms with E-state index < -0.39 is 0 Å². The quantitative estimate of drug-likeness (QED) is 0.391. The summed E-state index contributed by atoms with van der Waals surface area (Å²) in [5, 5.41) is 23.2. The Morgan fingerprint density at radius 2 is 0.615 bits per heavy atom. The number of rotatable bonds is 6. The van der Waals surface area contributed by atoms with Crippen molar-refractivity contribution in [2.75, 3.05) is 0 Å². The maximum Gasteiger partial charge on any atom is 0.122 e. The first-order valence-electron chi connectivity index (χ1n) is 16.9. The Labute approximate surface area is 237 Å². The van der Waals surface area contributed by atoms with E-state index in [1.54, 1.807) is 0 Å². The lowest BCUT2D eigenvalue weighted by molar-refractivity contribution is 0.392. The van der Waals surface area contributed by atoms with Crippen molar-refractivity contribution in [2.24, 2.45) is 0 Å². The summed E-state index contributed by atoms with van der Waals surface area (Å²) >= 11 is 0. The standard InChI is InChI=1S/C37H52O2/c38-36-32(28-13-5-1-6-14-28)22-26(23-33(36)29-15-7-2-8-16-29)21-27-24-34(30-17-9-3-10-18-30)37(39)35(25-27)31-19-11-4-12-20-31/h22-25,28-31,38-39H,1-21H2. The van der Waals surface area contributed by atoms with Crippen LogP contribution in [0.4, 0.5) is 0 Å². The fourth-order valence-electron chi connectivity index (χ4n) is 8.83. The summed E-state index contributed by atoms with van der Waals surface area (Å²) < 4.78 is 0. The van der Waals surface area contributed by atoms with Crippen molar-refractivity contribution >= 4 is 0 Å². The molecular formula is C37H52O2. The highest BCUT2D eigenvalue weighted by atomic mass is 16.3. The molecule has 0 atom stereocenters. The lowest BCUT2D eigenvalue weighted by atomic mass is 9.76. The molecule has 0 saturated heterocycles. The summed E-state index contributed by atoms with van der Waals surface area (Å²) in [5.74, 6) is 3.31. The molecule has 0 radical (unpaired) electrons. The SMILES string of the molecule is Oc1c(C2CCCCC2)cc(Cc2cc(C3CCCCC3)c(O)c(C3CCCCC3)c2)cc1C1CCCCC1. The van der Waals surface area contributed by atoms with Gasteiger partial charge in [-0.3, -0.25) is 0 Å². The molecule has 0 bridgehead atoms. The van der Waals surface area contributed by atoms with Gasteiger partial charge in [-0.25, -0.2) is 0 Å². The molecule has 4 fully saturated rings. The predicted octanol–water partition coefficient (Wildman–Crippen LogP) is 10.9. The number of aromatic hydroxyl groups is 2. The van der Waals surface area contributed by atoms with Crippen LogP contribution in [0.2, 0.25) is 0 Å². The third kappa shape index (κ3) is 6.20. The van der Waals surface area contributed by atoms with Gasteiger partial charge in [0.15, 0.2) is 0 Å². The lowest BCUT2D eigenvalue weighted by Gasteiger charge is -2.29. The van der Waals surface area contributed by atoms with Crippen LogP contribution >= 0.6 is 0 Å². The summed E-state index contributed by atoms with van der Waals surface area (Å²) in [6, 6.07) is 9.52. The number of hydrogen-bond acceptors (Lipinski definition) is 2. The normalized spacial score (nSPS) is 22.8. The van der Waals surface area contributed by atoms with Gasteiger partial charge in [0.2, 0.25) is 0 Å². The van der Waals surface area contributed by atoms with Gasteiger partial charge in [0, 0.05) is 0 Å². The molecule has 2 aromatic rings. The van der Waals surface area contributed by atoms with E-state index in [0.717, 1.165) is 6.42 Å². The minimum absolute atomic E-state index is 0.511. The fourth-order valence-corrected chi connectivity index (χ4v) is 8.83. The number of hydrogen-bond donors (Lipinski definition) is 2. The van der Waals surface area contributed by atoms with Gasteiger partial charge in [0.25, 0.3) is 0 Å². The zero-order valence-electron chi connectivity index (χ0n) is 24.4. The minimum Gasteiger partial charge on any atom is -0.507 e. The Morgan fingerprint density at radius 3 is 0.846 bits per heavy atom. The minimum atomic E-state index is 0.511. The van der Waals surface area contributed by atoms with Gasteiger partial charge in [0.1, 0.15) is 11.5 Å². The highest BCUT2D eigenvalue weighted by Gasteiger charge is 2.28. The van der Waals surface area contributed by atoms with E-state index in [-0.39, 0.29) is 0 Å². The third-order valence-electron chi connectivity index (χ3n) is 11.0. The maximum atomic E-state index is 11.6. The van der Waals surface area contributed by atoms with Crippen molar-refractivity contribution in [2.45, 2.75) is 159 Å². The summed E-state index contributed by atoms with van der Waals surface area (Å²) in [6.45, 7) is 0. The average Bonchev–Trinajstić information content (AvgIpc) is 3.00. The fraction of sp³-hybridized carbons (Fsp3) is 0.676. The lowest BCUT2D eigenvalue weighted by Crippen LogP contribution is -2.11. The molecule has 6 rings (SSSR count). The van der Waals surface area contributed by atoms with Gasteiger partial charge in [-0.05, 0) is 115 Å². The van der Waals surface area contributed by atoms with E-state index in [1.165, 1.54) is 162 Å². The molecule has 2 aromatic carbocycles. The van der Waals surface area contributed by atoms with E-state index in [9.17, 15) is 10.2 Å². The van der Waals surface area contributed by atoms with Crippen LogP contribution in [0.5, 0.6) is 11.5 Å². The van der Waals surface area contributed by atoms with Crippen molar-refractivity contribution in [1.82, 2.24) is 0 Å². The van der Waals surface area contributed by atoms with Gasteiger partial charge in [-0.1, -0.05) is 101 Å². The summed E-state index contributed by atoms with van der Waals surface area (Å²) in [4.78, 5) is 0. The molecule has 0 unspecified atom stereocenters. The van der Waals surface area contributed by atoms with Gasteiger partial charge >= 0.3 is 0 Å². The predicted molar refractivity (Wildman–Crippen MR) is 162 cm³/mol. The largest absolute Gasteiger partial charge is 0.507 e. The Balaban J connectivity index is 1.38. The van der Waals surface area contributed by atoms with Crippen LogP contribution in [-0.2, 0) is 6.42 Å². The summed E-state index contributed by atoms with van der Waals surface area (Å²) in [7, 11) is 0. The number of phenolic OH excluding ortho intramolecular Hbond substituents is 2. The van der Waals surface area contributed by atoms with Crippen LogP contribution in [0.1, 0.15) is 185 Å². The Morgan fingerprint density at radius 1 is 0.385 bits per heavy atom. The van der Waals surface area contributed by atoms with E-state index in [4.69, 9.17) is 0 Å². The zero-order valence-corrected chi connectivity index (χ0v) is 24.4. The summed E-state index contributed by atoms with van der Waals surface area (Å²) in [5.41, 5.74) is 7.73. The maximum absolute atomic E-state index is 11.6. The van der Waals surface area contributed by atoms with E-state index in [2.05, 4.69) is 24.3 Å². The highest BCUT2D eigenvalue weighted by molar-refractivity contribution is 5.52.